The first-order valence-corrected chi connectivity index (χ1v) is 49.6. The largest absolute Gasteiger partial charge is 0.494 e. The number of imidazole rings is 4. The summed E-state index contributed by atoms with van der Waals surface area (Å²) in [5.41, 5.74) is 19.8. The minimum Gasteiger partial charge on any atom is -0.460 e. The molecule has 3 aromatic carbocycles. The van der Waals surface area contributed by atoms with Crippen LogP contribution in [0.2, 0.25) is 5.15 Å². The second-order valence-corrected chi connectivity index (χ2v) is 40.2. The number of hydrogen-bond donors (Lipinski definition) is 3. The summed E-state index contributed by atoms with van der Waals surface area (Å²) in [6.07, 6.45) is 25.8. The Morgan fingerprint density at radius 3 is 1.26 bits per heavy atom. The number of nitrogens with one attached hydrogen (secondary N) is 2. The monoisotopic (exact) mass is 2120 g/mol. The lowest BCUT2D eigenvalue weighted by molar-refractivity contribution is -0.155. The highest BCUT2D eigenvalue weighted by atomic mass is 79.9. The number of alkyl halides is 1. The summed E-state index contributed by atoms with van der Waals surface area (Å²) in [7, 11) is 7.49. The highest BCUT2D eigenvalue weighted by Gasteiger charge is 2.52. The molecule has 0 spiro atoms. The Kier molecular flexibility index (Phi) is 35.7. The highest BCUT2D eigenvalue weighted by molar-refractivity contribution is 9.10. The number of nitrogens with zero attached hydrogens (tertiary/aromatic N) is 23. The lowest BCUT2D eigenvalue weighted by Crippen LogP contribution is -2.41. The van der Waals surface area contributed by atoms with E-state index in [4.69, 9.17) is 57.9 Å². The molecule has 3 atom stereocenters. The fourth-order valence-electron chi connectivity index (χ4n) is 15.8. The molecule has 17 heterocycles. The molecule has 4 N–H and O–H groups in total. The van der Waals surface area contributed by atoms with Gasteiger partial charge in [-0.1, -0.05) is 78.3 Å². The number of halogens is 4. The summed E-state index contributed by atoms with van der Waals surface area (Å²) in [4.78, 5) is 110. The van der Waals surface area contributed by atoms with Crippen LogP contribution in [0.3, 0.4) is 0 Å². The Hall–Kier alpha value is -14.1. The third-order valence-electron chi connectivity index (χ3n) is 23.6. The van der Waals surface area contributed by atoms with Gasteiger partial charge in [-0.25, -0.2) is 42.8 Å². The van der Waals surface area contributed by atoms with E-state index in [1.807, 2.05) is 280 Å². The van der Waals surface area contributed by atoms with Gasteiger partial charge in [0.2, 0.25) is 17.7 Å². The van der Waals surface area contributed by atoms with Crippen LogP contribution in [0.4, 0.5) is 39.3 Å². The van der Waals surface area contributed by atoms with Crippen LogP contribution in [0.1, 0.15) is 123 Å². The van der Waals surface area contributed by atoms with Crippen molar-refractivity contribution in [2.45, 2.75) is 161 Å². The number of anilines is 6. The molecule has 16 aromatic rings. The van der Waals surface area contributed by atoms with Gasteiger partial charge in [-0.3, -0.25) is 44.1 Å². The third kappa shape index (κ3) is 29.2. The topological polar surface area (TPSA) is 377 Å². The summed E-state index contributed by atoms with van der Waals surface area (Å²) in [6.45, 7) is 23.5. The van der Waals surface area contributed by atoms with Crippen molar-refractivity contribution >= 4 is 155 Å². The van der Waals surface area contributed by atoms with Crippen LogP contribution >= 0.6 is 55.1 Å². The molecule has 145 heavy (non-hydrogen) atoms. The molecule has 35 nitrogen and oxygen atoms in total. The maximum absolute atomic E-state index is 12.7. The van der Waals surface area contributed by atoms with Gasteiger partial charge >= 0.3 is 19.2 Å². The average molecular weight is 2130 g/mol. The van der Waals surface area contributed by atoms with Crippen molar-refractivity contribution < 1.29 is 42.8 Å². The second-order valence-electron chi connectivity index (χ2n) is 38.0. The molecule has 4 saturated heterocycles. The molecule has 20 rings (SSSR count). The van der Waals surface area contributed by atoms with Crippen LogP contribution in [-0.4, -0.2) is 203 Å². The minimum absolute atomic E-state index is 0.0177. The van der Waals surface area contributed by atoms with E-state index in [0.717, 1.165) is 130 Å². The fourth-order valence-corrected chi connectivity index (χ4v) is 16.9. The molecular formula is C105H117BBr2Cl2N26O9. The van der Waals surface area contributed by atoms with Crippen molar-refractivity contribution in [3.63, 3.8) is 0 Å². The second kappa shape index (κ2) is 48.5. The Labute approximate surface area is 869 Å². The summed E-state index contributed by atoms with van der Waals surface area (Å²) in [6, 6.07) is 57.9. The van der Waals surface area contributed by atoms with Crippen LogP contribution in [0.15, 0.2) is 278 Å². The van der Waals surface area contributed by atoms with Gasteiger partial charge in [-0.2, -0.15) is 5.10 Å². The Morgan fingerprint density at radius 1 is 0.469 bits per heavy atom. The number of amides is 4. The van der Waals surface area contributed by atoms with Crippen LogP contribution in [-0.2, 0) is 70.0 Å². The number of carbonyl (C=O) groups is 5. The first-order valence-electron chi connectivity index (χ1n) is 47.1. The zero-order valence-corrected chi connectivity index (χ0v) is 87.9. The van der Waals surface area contributed by atoms with Crippen LogP contribution < -0.4 is 51.2 Å². The van der Waals surface area contributed by atoms with Crippen molar-refractivity contribution in [2.24, 2.45) is 11.7 Å². The zero-order valence-electron chi connectivity index (χ0n) is 83.2. The van der Waals surface area contributed by atoms with E-state index in [0.29, 0.717) is 56.6 Å². The number of carbonyl (C=O) groups excluding carboxylic acids is 5. The number of pyridine rings is 5. The predicted molar refractivity (Wildman–Crippen MR) is 571 cm³/mol. The van der Waals surface area contributed by atoms with Crippen molar-refractivity contribution in [1.82, 2.24) is 93.9 Å². The van der Waals surface area contributed by atoms with Gasteiger partial charge in [0.25, 0.3) is 0 Å². The number of rotatable bonds is 21. The van der Waals surface area contributed by atoms with Crippen LogP contribution in [0.25, 0.3) is 45.1 Å². The molecular weight excluding hydrogens is 2010 g/mol. The van der Waals surface area contributed by atoms with Gasteiger partial charge in [-0.05, 0) is 263 Å². The standard InChI is InChI=1S/C29H32N6O3.C23H23N7O.C21H31BN2O5.C13H12BrN5.C7H10N2.C6H3BrClN3.C6H6ClN/c1-29(2,3)38-28(37)15-21-14-27(36)34(19-21)23-9-7-22(8-10-23)24-17-31-25-11-12-26(32-35(24)25)33(4)18-20-6-5-13-30-16-20;1-28(14-16-3-2-10-25-12-16)22-9-8-21-26-13-20(30(21)27-22)17-4-6-19(7-5-17)29-15-18(24)11-23(29)31;1-19(2,3)27-18(26)23-15-12-17(25)24(13-15)16-10-8-14(9-11-16)22-28-20(4,5)21(6,7)29-22;1-18(9-10-3-2-6-15-7-10)13-5-4-12-16-8-11(14)19(12)17-13;1-8-5-7-3-2-4-9-6-7;7-4-3-9-6-2-1-5(8)10-11(4)6;7-4-6-2-1-3-8-5-6/h5-13,16-17,21H,14-15,18-19H2,1-4H3;2-10,12-13,18H,11,14-15,24H2,1H3;8-11,15H,12-13H2,1-7H3,(H,23,26);2-8H,9H2,1H3;2-4,6,8H,5H2,1H3;1-3H;1-3,5H,4H2/t;18-;15-;;;;/m.00..../s1. The van der Waals surface area contributed by atoms with E-state index in [2.05, 4.69) is 118 Å². The number of ether oxygens (including phenoxy) is 2. The highest BCUT2D eigenvalue weighted by Crippen LogP contribution is 2.38. The van der Waals surface area contributed by atoms with Gasteiger partial charge in [0, 0.05) is 188 Å². The molecule has 4 amide bonds. The lowest BCUT2D eigenvalue weighted by Gasteiger charge is -2.32. The molecule has 4 fully saturated rings. The van der Waals surface area contributed by atoms with Crippen LogP contribution in [0, 0.1) is 5.92 Å². The number of alkyl carbamates (subject to hydrolysis) is 1. The third-order valence-corrected chi connectivity index (χ3v) is 25.2. The van der Waals surface area contributed by atoms with Gasteiger partial charge in [0.15, 0.2) is 22.6 Å². The Balaban J connectivity index is 0.000000142. The Bertz CT molecular complexity index is 7000. The molecule has 0 bridgehead atoms. The van der Waals surface area contributed by atoms with E-state index in [-0.39, 0.29) is 54.5 Å². The van der Waals surface area contributed by atoms with Crippen molar-refractivity contribution in [3.05, 3.63) is 311 Å². The predicted octanol–water partition coefficient (Wildman–Crippen LogP) is 16.9. The normalized spacial score (nSPS) is 15.6. The average Bonchev–Trinajstić information content (AvgIpc) is 1.58. The summed E-state index contributed by atoms with van der Waals surface area (Å²) in [5.74, 6) is 2.82. The van der Waals surface area contributed by atoms with Gasteiger partial charge < -0.3 is 64.5 Å². The molecule has 752 valence electrons. The SMILES string of the molecule is CC(C)(C)OC(=O)N[C@H]1CC(=O)N(c2ccc(B3OC(C)(C)C(C)(C)O3)cc2)C1.CN(Cc1cccnc1)c1ccc2ncc(-c3ccc(N4CC(CC(=O)OC(C)(C)C)CC4=O)cc3)n2n1.CN(Cc1cccnc1)c1ccc2ncc(-c3ccc(N4C[C@@H](N)CC4=O)cc3)n2n1.CN(Cc1cccnc1)c1ccc2ncc(Br)n2n1.CNCc1cccnc1.ClCc1cccnc1.Clc1ccc2ncc(Br)n2n1. The number of nitrogens with two attached hydrogens (primary N) is 1. The van der Waals surface area contributed by atoms with Gasteiger partial charge in [-0.15, -0.1) is 26.9 Å². The molecule has 4 aliphatic heterocycles. The molecule has 0 radical (unpaired) electrons. The van der Waals surface area contributed by atoms with E-state index < -0.39 is 35.6 Å². The minimum atomic E-state index is -0.574. The molecule has 0 aliphatic carbocycles. The first kappa shape index (κ1) is 107. The number of esters is 1. The first-order chi connectivity index (χ1) is 69.4. The molecule has 0 saturated carbocycles. The fraction of sp³-hybridized carbons (Fsp3) is 0.314. The van der Waals surface area contributed by atoms with Crippen molar-refractivity contribution in [2.75, 3.05) is 77.2 Å². The number of aromatic nitrogens is 17. The van der Waals surface area contributed by atoms with Crippen molar-refractivity contribution in [3.8, 4) is 22.5 Å². The van der Waals surface area contributed by atoms with E-state index in [1.54, 1.807) is 112 Å². The molecule has 4 aliphatic rings. The number of benzene rings is 3. The smallest absolute Gasteiger partial charge is 0.460 e. The summed E-state index contributed by atoms with van der Waals surface area (Å²) in [5, 5.41) is 24.5. The quantitative estimate of drug-likeness (QED) is 0.0342. The van der Waals surface area contributed by atoms with Crippen LogP contribution in [0.5, 0.6) is 0 Å². The maximum Gasteiger partial charge on any atom is 0.494 e. The zero-order chi connectivity index (χ0) is 103. The Morgan fingerprint density at radius 2 is 0.848 bits per heavy atom. The van der Waals surface area contributed by atoms with Gasteiger partial charge in [0.1, 0.15) is 43.0 Å². The van der Waals surface area contributed by atoms with E-state index in [1.165, 1.54) is 5.56 Å². The lowest BCUT2D eigenvalue weighted by atomic mass is 9.79. The maximum atomic E-state index is 12.7. The number of hydrogen-bond acceptors (Lipinski definition) is 27. The van der Waals surface area contributed by atoms with Gasteiger partial charge in [0.05, 0.1) is 59.8 Å². The summed E-state index contributed by atoms with van der Waals surface area (Å²) < 4.78 is 31.6. The summed E-state index contributed by atoms with van der Waals surface area (Å²) >= 11 is 17.9. The van der Waals surface area contributed by atoms with E-state index >= 15 is 0 Å². The number of fused-ring (bicyclic) bond motifs is 4. The molecule has 1 unspecified atom stereocenters. The van der Waals surface area contributed by atoms with E-state index in [9.17, 15) is 24.0 Å². The molecule has 13 aromatic heterocycles. The van der Waals surface area contributed by atoms with Crippen molar-refractivity contribution in [1.29, 1.82) is 0 Å². The molecule has 40 heteroatoms.